The Morgan fingerprint density at radius 1 is 1.22 bits per heavy atom. The lowest BCUT2D eigenvalue weighted by molar-refractivity contribution is -0.161. The fourth-order valence-corrected chi connectivity index (χ4v) is 6.96. The number of hydrogen-bond acceptors (Lipinski definition) is 6. The normalized spacial score (nSPS) is 31.6. The van der Waals surface area contributed by atoms with Crippen LogP contribution in [0.1, 0.15) is 64.5 Å². The Morgan fingerprint density at radius 2 is 1.89 bits per heavy atom. The lowest BCUT2D eigenvalue weighted by Gasteiger charge is -2.38. The van der Waals surface area contributed by atoms with Gasteiger partial charge < -0.3 is 24.8 Å². The van der Waals surface area contributed by atoms with E-state index in [4.69, 9.17) is 9.47 Å². The Labute approximate surface area is 213 Å². The van der Waals surface area contributed by atoms with Crippen LogP contribution in [0.3, 0.4) is 0 Å². The number of carbonyl (C=O) groups excluding carboxylic acids is 3. The first-order chi connectivity index (χ1) is 17.1. The Kier molecular flexibility index (Phi) is 7.23. The van der Waals surface area contributed by atoms with E-state index in [1.54, 1.807) is 6.92 Å². The lowest BCUT2D eigenvalue weighted by Crippen LogP contribution is -2.56. The highest BCUT2D eigenvalue weighted by molar-refractivity contribution is 6.04. The third-order valence-electron chi connectivity index (χ3n) is 8.48. The number of aryl methyl sites for hydroxylation is 2. The zero-order chi connectivity index (χ0) is 26.4. The highest BCUT2D eigenvalue weighted by Crippen LogP contribution is 2.64. The number of rotatable bonds is 9. The summed E-state index contributed by atoms with van der Waals surface area (Å²) < 4.78 is 12.2. The summed E-state index contributed by atoms with van der Waals surface area (Å²) in [6, 6.07) is 4.27. The van der Waals surface area contributed by atoms with Crippen LogP contribution < -0.4 is 5.32 Å². The molecule has 2 bridgehead atoms. The van der Waals surface area contributed by atoms with Gasteiger partial charge in [-0.05, 0) is 63.5 Å². The number of aliphatic hydroxyl groups excluding tert-OH is 1. The average Bonchev–Trinajstić information content (AvgIpc) is 3.43. The van der Waals surface area contributed by atoms with E-state index >= 15 is 0 Å². The minimum absolute atomic E-state index is 0.190. The summed E-state index contributed by atoms with van der Waals surface area (Å²) in [6.45, 7) is 11.5. The van der Waals surface area contributed by atoms with Crippen LogP contribution in [-0.4, -0.2) is 64.3 Å². The van der Waals surface area contributed by atoms with Gasteiger partial charge in [0.25, 0.3) is 0 Å². The van der Waals surface area contributed by atoms with Crippen LogP contribution in [0.25, 0.3) is 0 Å². The Hall–Kier alpha value is -2.45. The van der Waals surface area contributed by atoms with Crippen molar-refractivity contribution in [1.29, 1.82) is 0 Å². The van der Waals surface area contributed by atoms with E-state index in [0.717, 1.165) is 11.1 Å². The predicted molar refractivity (Wildman–Crippen MR) is 135 cm³/mol. The van der Waals surface area contributed by atoms with Crippen molar-refractivity contribution in [2.24, 2.45) is 17.8 Å². The van der Waals surface area contributed by atoms with Gasteiger partial charge in [-0.25, -0.2) is 0 Å². The number of ether oxygens (including phenoxy) is 2. The first kappa shape index (κ1) is 26.6. The van der Waals surface area contributed by atoms with Crippen molar-refractivity contribution in [3.63, 3.8) is 0 Å². The number of nitrogens with one attached hydrogen (secondary N) is 1. The molecule has 4 rings (SSSR count). The average molecular weight is 501 g/mol. The zero-order valence-electron chi connectivity index (χ0n) is 22.3. The summed E-state index contributed by atoms with van der Waals surface area (Å²) in [5.41, 5.74) is 0.567. The maximum absolute atomic E-state index is 14.2. The van der Waals surface area contributed by atoms with Crippen LogP contribution in [0.4, 0.5) is 5.69 Å². The van der Waals surface area contributed by atoms with E-state index in [9.17, 15) is 19.5 Å². The van der Waals surface area contributed by atoms with Gasteiger partial charge >= 0.3 is 5.97 Å². The largest absolute Gasteiger partial charge is 0.466 e. The van der Waals surface area contributed by atoms with Crippen molar-refractivity contribution in [2.75, 3.05) is 18.5 Å². The van der Waals surface area contributed by atoms with Gasteiger partial charge in [0.2, 0.25) is 11.8 Å². The van der Waals surface area contributed by atoms with Crippen LogP contribution in [0.15, 0.2) is 18.2 Å². The fourth-order valence-electron chi connectivity index (χ4n) is 6.96. The highest BCUT2D eigenvalue weighted by atomic mass is 16.6. The molecule has 198 valence electrons. The molecule has 1 aromatic rings. The molecule has 1 aromatic carbocycles. The molecule has 3 aliphatic heterocycles. The van der Waals surface area contributed by atoms with Gasteiger partial charge in [0.05, 0.1) is 30.8 Å². The molecule has 2 N–H and O–H groups in total. The van der Waals surface area contributed by atoms with Crippen LogP contribution in [0.2, 0.25) is 0 Å². The molecule has 3 saturated heterocycles. The quantitative estimate of drug-likeness (QED) is 0.504. The molecule has 36 heavy (non-hydrogen) atoms. The third-order valence-corrected chi connectivity index (χ3v) is 8.48. The summed E-state index contributed by atoms with van der Waals surface area (Å²) in [4.78, 5) is 43.1. The second-order valence-corrected chi connectivity index (χ2v) is 11.1. The Morgan fingerprint density at radius 3 is 2.44 bits per heavy atom. The molecule has 2 unspecified atom stereocenters. The van der Waals surface area contributed by atoms with Crippen LogP contribution in [-0.2, 0) is 23.9 Å². The monoisotopic (exact) mass is 500 g/mol. The molecule has 0 aromatic heterocycles. The summed E-state index contributed by atoms with van der Waals surface area (Å²) in [5.74, 6) is -2.50. The van der Waals surface area contributed by atoms with Crippen LogP contribution in [0.5, 0.6) is 0 Å². The number of likely N-dealkylation sites (tertiary alicyclic amines) is 1. The first-order valence-electron chi connectivity index (χ1n) is 13.2. The minimum atomic E-state index is -1.14. The first-order valence-corrected chi connectivity index (χ1v) is 13.2. The van der Waals surface area contributed by atoms with Crippen molar-refractivity contribution in [2.45, 2.75) is 90.5 Å². The number of esters is 1. The summed E-state index contributed by atoms with van der Waals surface area (Å²) >= 11 is 0. The number of nitrogens with zero attached hydrogens (tertiary/aromatic N) is 1. The van der Waals surface area contributed by atoms with Gasteiger partial charge in [0, 0.05) is 5.69 Å². The van der Waals surface area contributed by atoms with Gasteiger partial charge in [-0.2, -0.15) is 0 Å². The smallest absolute Gasteiger partial charge is 0.312 e. The van der Waals surface area contributed by atoms with E-state index in [1.165, 1.54) is 4.90 Å². The maximum atomic E-state index is 14.2. The van der Waals surface area contributed by atoms with Crippen LogP contribution in [0, 0.1) is 31.6 Å². The third kappa shape index (κ3) is 3.93. The SMILES string of the molecule is CCOC(=O)[C@H]1[C@H]2C(=O)N([C@@H](CO)CC(C)C)C(C(=O)Nc3c(C)cccc3C)C23CC[C@]1(CC)O3. The standard InChI is InChI=1S/C28H40N2O6/c1-7-27-12-13-28(36-27)20(21(27)26(34)35-8-2)25(33)30(19(15-31)14-16(3)4)23(28)24(32)29-22-17(5)10-9-11-18(22)6/h9-11,16,19-21,23,31H,7-8,12-15H2,1-6H3,(H,29,32)/t19-,20+,21-,23?,27+,28?/m1/s1. The zero-order valence-corrected chi connectivity index (χ0v) is 22.3. The number of para-hydroxylation sites is 1. The van der Waals surface area contributed by atoms with Crippen LogP contribution >= 0.6 is 0 Å². The number of anilines is 1. The molecule has 2 amide bonds. The maximum Gasteiger partial charge on any atom is 0.312 e. The molecule has 6 atom stereocenters. The summed E-state index contributed by atoms with van der Waals surface area (Å²) in [7, 11) is 0. The summed E-state index contributed by atoms with van der Waals surface area (Å²) in [5, 5.41) is 13.4. The molecular weight excluding hydrogens is 460 g/mol. The van der Waals surface area contributed by atoms with Crippen molar-refractivity contribution < 1.29 is 29.0 Å². The van der Waals surface area contributed by atoms with E-state index < -0.39 is 41.1 Å². The number of carbonyl (C=O) groups is 3. The molecule has 8 heteroatoms. The van der Waals surface area contributed by atoms with E-state index in [2.05, 4.69) is 5.32 Å². The van der Waals surface area contributed by atoms with Gasteiger partial charge in [0.1, 0.15) is 17.6 Å². The van der Waals surface area contributed by atoms with Crippen molar-refractivity contribution >= 4 is 23.5 Å². The van der Waals surface area contributed by atoms with Gasteiger partial charge in [-0.3, -0.25) is 14.4 Å². The Balaban J connectivity index is 1.82. The molecule has 3 fully saturated rings. The second kappa shape index (κ2) is 9.78. The number of fused-ring (bicyclic) bond motifs is 1. The van der Waals surface area contributed by atoms with E-state index in [0.29, 0.717) is 31.4 Å². The highest BCUT2D eigenvalue weighted by Gasteiger charge is 2.79. The van der Waals surface area contributed by atoms with Crippen molar-refractivity contribution in [3.05, 3.63) is 29.3 Å². The molecule has 0 aliphatic carbocycles. The van der Waals surface area contributed by atoms with E-state index in [1.807, 2.05) is 52.8 Å². The second-order valence-electron chi connectivity index (χ2n) is 11.1. The fraction of sp³-hybridized carbons (Fsp3) is 0.679. The predicted octanol–water partition coefficient (Wildman–Crippen LogP) is 3.37. The topological polar surface area (TPSA) is 105 Å². The molecule has 3 heterocycles. The number of aliphatic hydroxyl groups is 1. The minimum Gasteiger partial charge on any atom is -0.466 e. The number of benzene rings is 1. The molecular formula is C28H40N2O6. The molecule has 8 nitrogen and oxygen atoms in total. The number of amides is 2. The number of hydrogen-bond donors (Lipinski definition) is 2. The molecule has 0 saturated carbocycles. The van der Waals surface area contributed by atoms with Gasteiger partial charge in [-0.15, -0.1) is 0 Å². The van der Waals surface area contributed by atoms with E-state index in [-0.39, 0.29) is 30.9 Å². The summed E-state index contributed by atoms with van der Waals surface area (Å²) in [6.07, 6.45) is 2.14. The van der Waals surface area contributed by atoms with Gasteiger partial charge in [-0.1, -0.05) is 39.0 Å². The van der Waals surface area contributed by atoms with Gasteiger partial charge in [0.15, 0.2) is 0 Å². The molecule has 1 spiro atoms. The lowest BCUT2D eigenvalue weighted by atomic mass is 9.65. The molecule has 3 aliphatic rings. The van der Waals surface area contributed by atoms with Crippen molar-refractivity contribution in [3.8, 4) is 0 Å². The molecule has 0 radical (unpaired) electrons. The Bertz CT molecular complexity index is 1020. The van der Waals surface area contributed by atoms with Crippen molar-refractivity contribution in [1.82, 2.24) is 4.90 Å².